The fraction of sp³-hybridized carbons (Fsp3) is 0.318. The van der Waals surface area contributed by atoms with E-state index in [4.69, 9.17) is 4.98 Å². The molecule has 0 aliphatic carbocycles. The molecule has 124 valence electrons. The minimum absolute atomic E-state index is 1.08. The topological polar surface area (TPSA) is 24.9 Å². The minimum atomic E-state index is 1.08. The lowest BCUT2D eigenvalue weighted by Crippen LogP contribution is -2.03. The summed E-state index contributed by atoms with van der Waals surface area (Å²) < 4.78 is 0. The van der Waals surface area contributed by atoms with Gasteiger partial charge in [-0.15, -0.1) is 0 Å². The van der Waals surface area contributed by atoms with Gasteiger partial charge in [-0.05, 0) is 49.9 Å². The Morgan fingerprint density at radius 3 is 2.46 bits per heavy atom. The Bertz CT molecular complexity index is 822. The van der Waals surface area contributed by atoms with Crippen LogP contribution in [0.4, 0.5) is 11.4 Å². The highest BCUT2D eigenvalue weighted by molar-refractivity contribution is 5.96. The Morgan fingerprint density at radius 2 is 1.71 bits per heavy atom. The molecule has 0 saturated carbocycles. The Morgan fingerprint density at radius 1 is 0.917 bits per heavy atom. The molecule has 0 radical (unpaired) electrons. The van der Waals surface area contributed by atoms with Crippen LogP contribution in [0.3, 0.4) is 0 Å². The number of aryl methyl sites for hydroxylation is 2. The van der Waals surface area contributed by atoms with Crippen LogP contribution in [0.15, 0.2) is 48.5 Å². The largest absolute Gasteiger partial charge is 0.355 e. The summed E-state index contributed by atoms with van der Waals surface area (Å²) in [6.45, 7) is 6.53. The SMILES string of the molecule is CCCCCc1c(C)nc2c(C)cccc2c1Nc1ccccc1. The molecular formula is C22H26N2. The van der Waals surface area contributed by atoms with Crippen molar-refractivity contribution < 1.29 is 0 Å². The fourth-order valence-electron chi connectivity index (χ4n) is 3.25. The number of hydrogen-bond acceptors (Lipinski definition) is 2. The van der Waals surface area contributed by atoms with Crippen LogP contribution in [0.5, 0.6) is 0 Å². The molecule has 2 heteroatoms. The van der Waals surface area contributed by atoms with Crippen molar-refractivity contribution in [2.24, 2.45) is 0 Å². The second-order valence-corrected chi connectivity index (χ2v) is 6.47. The summed E-state index contributed by atoms with van der Waals surface area (Å²) in [4.78, 5) is 4.92. The summed E-state index contributed by atoms with van der Waals surface area (Å²) in [7, 11) is 0. The number of benzene rings is 2. The summed E-state index contributed by atoms with van der Waals surface area (Å²) in [6.07, 6.45) is 4.78. The normalized spacial score (nSPS) is 11.0. The maximum absolute atomic E-state index is 4.92. The van der Waals surface area contributed by atoms with Gasteiger partial charge in [0.1, 0.15) is 0 Å². The Balaban J connectivity index is 2.13. The lowest BCUT2D eigenvalue weighted by atomic mass is 9.99. The van der Waals surface area contributed by atoms with E-state index in [9.17, 15) is 0 Å². The van der Waals surface area contributed by atoms with Crippen LogP contribution in [0.2, 0.25) is 0 Å². The van der Waals surface area contributed by atoms with E-state index in [2.05, 4.69) is 68.6 Å². The molecule has 0 bridgehead atoms. The second kappa shape index (κ2) is 7.48. The summed E-state index contributed by atoms with van der Waals surface area (Å²) in [5, 5.41) is 4.89. The van der Waals surface area contributed by atoms with Crippen LogP contribution < -0.4 is 5.32 Å². The van der Waals surface area contributed by atoms with E-state index in [0.29, 0.717) is 0 Å². The first-order valence-electron chi connectivity index (χ1n) is 8.91. The number of unbranched alkanes of at least 4 members (excludes halogenated alkanes) is 2. The molecule has 0 amide bonds. The third-order valence-electron chi connectivity index (χ3n) is 4.60. The lowest BCUT2D eigenvalue weighted by molar-refractivity contribution is 0.715. The number of fused-ring (bicyclic) bond motifs is 1. The van der Waals surface area contributed by atoms with Crippen molar-refractivity contribution in [1.82, 2.24) is 4.98 Å². The molecule has 0 aliphatic heterocycles. The molecule has 0 unspecified atom stereocenters. The van der Waals surface area contributed by atoms with Crippen LogP contribution in [-0.4, -0.2) is 4.98 Å². The number of pyridine rings is 1. The number of aromatic nitrogens is 1. The molecule has 0 spiro atoms. The average molecular weight is 318 g/mol. The molecule has 24 heavy (non-hydrogen) atoms. The van der Waals surface area contributed by atoms with E-state index >= 15 is 0 Å². The Labute approximate surface area is 144 Å². The molecule has 1 N–H and O–H groups in total. The second-order valence-electron chi connectivity index (χ2n) is 6.47. The molecule has 2 nitrogen and oxygen atoms in total. The zero-order valence-electron chi connectivity index (χ0n) is 14.9. The first-order valence-corrected chi connectivity index (χ1v) is 8.91. The van der Waals surface area contributed by atoms with Crippen LogP contribution in [0, 0.1) is 13.8 Å². The first kappa shape index (κ1) is 16.5. The molecule has 2 aromatic carbocycles. The van der Waals surface area contributed by atoms with Crippen LogP contribution in [-0.2, 0) is 6.42 Å². The zero-order valence-corrected chi connectivity index (χ0v) is 14.9. The summed E-state index contributed by atoms with van der Waals surface area (Å²) in [5.41, 5.74) is 7.18. The highest BCUT2D eigenvalue weighted by Crippen LogP contribution is 2.33. The maximum Gasteiger partial charge on any atom is 0.0755 e. The number of nitrogens with one attached hydrogen (secondary N) is 1. The van der Waals surface area contributed by atoms with Crippen molar-refractivity contribution in [1.29, 1.82) is 0 Å². The van der Waals surface area contributed by atoms with Crippen molar-refractivity contribution in [2.45, 2.75) is 46.5 Å². The molecule has 0 fully saturated rings. The zero-order chi connectivity index (χ0) is 16.9. The van der Waals surface area contributed by atoms with E-state index < -0.39 is 0 Å². The van der Waals surface area contributed by atoms with E-state index in [0.717, 1.165) is 23.3 Å². The molecule has 0 saturated heterocycles. The quantitative estimate of drug-likeness (QED) is 0.537. The van der Waals surface area contributed by atoms with Gasteiger partial charge in [-0.3, -0.25) is 4.98 Å². The van der Waals surface area contributed by atoms with Crippen LogP contribution in [0.25, 0.3) is 10.9 Å². The van der Waals surface area contributed by atoms with E-state index in [1.807, 2.05) is 6.07 Å². The van der Waals surface area contributed by atoms with Crippen molar-refractivity contribution in [3.63, 3.8) is 0 Å². The number of rotatable bonds is 6. The highest BCUT2D eigenvalue weighted by Gasteiger charge is 2.14. The average Bonchev–Trinajstić information content (AvgIpc) is 2.59. The van der Waals surface area contributed by atoms with Crippen molar-refractivity contribution in [2.75, 3.05) is 5.32 Å². The number of hydrogen-bond donors (Lipinski definition) is 1. The summed E-state index contributed by atoms with van der Waals surface area (Å²) >= 11 is 0. The molecule has 0 atom stereocenters. The first-order chi connectivity index (χ1) is 11.7. The Kier molecular flexibility index (Phi) is 5.14. The van der Waals surface area contributed by atoms with Gasteiger partial charge in [0, 0.05) is 16.8 Å². The number of anilines is 2. The van der Waals surface area contributed by atoms with Gasteiger partial charge < -0.3 is 5.32 Å². The monoisotopic (exact) mass is 318 g/mol. The molecule has 3 aromatic rings. The predicted octanol–water partition coefficient (Wildman–Crippen LogP) is 6.33. The Hall–Kier alpha value is -2.35. The van der Waals surface area contributed by atoms with Gasteiger partial charge >= 0.3 is 0 Å². The van der Waals surface area contributed by atoms with Gasteiger partial charge in [0.15, 0.2) is 0 Å². The third kappa shape index (κ3) is 3.43. The van der Waals surface area contributed by atoms with Crippen LogP contribution >= 0.6 is 0 Å². The van der Waals surface area contributed by atoms with Gasteiger partial charge in [0.25, 0.3) is 0 Å². The minimum Gasteiger partial charge on any atom is -0.355 e. The van der Waals surface area contributed by atoms with Gasteiger partial charge in [-0.2, -0.15) is 0 Å². The third-order valence-corrected chi connectivity index (χ3v) is 4.60. The standard InChI is InChI=1S/C22H26N2/c1-4-5-7-14-19-17(3)23-21-16(2)11-10-15-20(21)22(19)24-18-12-8-6-9-13-18/h6,8-13,15H,4-5,7,14H2,1-3H3,(H,23,24). The smallest absolute Gasteiger partial charge is 0.0755 e. The van der Waals surface area contributed by atoms with Gasteiger partial charge in [-0.25, -0.2) is 0 Å². The van der Waals surface area contributed by atoms with Gasteiger partial charge in [-0.1, -0.05) is 56.2 Å². The van der Waals surface area contributed by atoms with E-state index in [1.165, 1.54) is 41.5 Å². The van der Waals surface area contributed by atoms with E-state index in [1.54, 1.807) is 0 Å². The fourth-order valence-corrected chi connectivity index (χ4v) is 3.25. The molecule has 3 rings (SSSR count). The molecule has 1 heterocycles. The van der Waals surface area contributed by atoms with Crippen molar-refractivity contribution in [3.8, 4) is 0 Å². The van der Waals surface area contributed by atoms with Crippen molar-refractivity contribution in [3.05, 3.63) is 65.4 Å². The number of nitrogens with zero attached hydrogens (tertiary/aromatic N) is 1. The van der Waals surface area contributed by atoms with Crippen molar-refractivity contribution >= 4 is 22.3 Å². The van der Waals surface area contributed by atoms with E-state index in [-0.39, 0.29) is 0 Å². The van der Waals surface area contributed by atoms with Crippen LogP contribution in [0.1, 0.15) is 43.0 Å². The summed E-state index contributed by atoms with van der Waals surface area (Å²) in [5.74, 6) is 0. The number of para-hydroxylation sites is 2. The molecular weight excluding hydrogens is 292 g/mol. The summed E-state index contributed by atoms with van der Waals surface area (Å²) in [6, 6.07) is 16.9. The molecule has 1 aromatic heterocycles. The maximum atomic E-state index is 4.92. The predicted molar refractivity (Wildman–Crippen MR) is 104 cm³/mol. The highest BCUT2D eigenvalue weighted by atomic mass is 14.9. The van der Waals surface area contributed by atoms with Gasteiger partial charge in [0.05, 0.1) is 11.2 Å². The molecule has 0 aliphatic rings. The lowest BCUT2D eigenvalue weighted by Gasteiger charge is -2.18. The van der Waals surface area contributed by atoms with Gasteiger partial charge in [0.2, 0.25) is 0 Å².